The minimum atomic E-state index is -0.740. The van der Waals surface area contributed by atoms with Gasteiger partial charge < -0.3 is 14.9 Å². The van der Waals surface area contributed by atoms with Crippen molar-refractivity contribution in [3.8, 4) is 0 Å². The van der Waals surface area contributed by atoms with Gasteiger partial charge in [-0.3, -0.25) is 9.58 Å². The zero-order valence-corrected chi connectivity index (χ0v) is 15.0. The molecule has 2 atom stereocenters. The summed E-state index contributed by atoms with van der Waals surface area (Å²) in [5.74, 6) is 0. The largest absolute Gasteiger partial charge is 0.390 e. The lowest BCUT2D eigenvalue weighted by atomic mass is 9.82. The minimum absolute atomic E-state index is 0.247. The molecule has 0 saturated carbocycles. The van der Waals surface area contributed by atoms with E-state index >= 15 is 0 Å². The van der Waals surface area contributed by atoms with Crippen molar-refractivity contribution >= 4 is 0 Å². The first-order valence-electron chi connectivity index (χ1n) is 9.40. The van der Waals surface area contributed by atoms with Gasteiger partial charge in [0.25, 0.3) is 0 Å². The van der Waals surface area contributed by atoms with Gasteiger partial charge in [0.2, 0.25) is 0 Å². The second-order valence-electron chi connectivity index (χ2n) is 7.63. The van der Waals surface area contributed by atoms with E-state index < -0.39 is 12.2 Å². The lowest BCUT2D eigenvalue weighted by Gasteiger charge is -2.46. The molecule has 2 fully saturated rings. The minimum Gasteiger partial charge on any atom is -0.390 e. The Morgan fingerprint density at radius 3 is 2.54 bits per heavy atom. The van der Waals surface area contributed by atoms with Crippen LogP contribution in [0, 0.1) is 0 Å². The molecule has 2 aromatic rings. The molecule has 0 radical (unpaired) electrons. The summed E-state index contributed by atoms with van der Waals surface area (Å²) in [6.45, 7) is 3.86. The average Bonchev–Trinajstić information content (AvgIpc) is 3.14. The number of ether oxygens (including phenoxy) is 1. The Morgan fingerprint density at radius 1 is 1.08 bits per heavy atom. The summed E-state index contributed by atoms with van der Waals surface area (Å²) in [4.78, 5) is 2.44. The maximum Gasteiger partial charge on any atom is 0.103 e. The fourth-order valence-electron chi connectivity index (χ4n) is 4.08. The van der Waals surface area contributed by atoms with Crippen LogP contribution in [0.15, 0.2) is 42.7 Å². The van der Waals surface area contributed by atoms with E-state index in [9.17, 15) is 10.2 Å². The molecular weight excluding hydrogens is 330 g/mol. The van der Waals surface area contributed by atoms with Crippen molar-refractivity contribution in [2.75, 3.05) is 19.7 Å². The average molecular weight is 357 g/mol. The van der Waals surface area contributed by atoms with Crippen LogP contribution in [0.5, 0.6) is 0 Å². The number of aliphatic hydroxyl groups is 2. The highest BCUT2D eigenvalue weighted by Gasteiger charge is 2.42. The molecule has 2 aliphatic heterocycles. The van der Waals surface area contributed by atoms with Crippen LogP contribution in [0.3, 0.4) is 0 Å². The Hall–Kier alpha value is -1.73. The topological polar surface area (TPSA) is 70.8 Å². The molecule has 6 heteroatoms. The number of likely N-dealkylation sites (tertiary alicyclic amines) is 1. The van der Waals surface area contributed by atoms with E-state index in [2.05, 4.69) is 34.3 Å². The Morgan fingerprint density at radius 2 is 1.85 bits per heavy atom. The highest BCUT2D eigenvalue weighted by atomic mass is 16.5. The Bertz CT molecular complexity index is 711. The summed E-state index contributed by atoms with van der Waals surface area (Å²) < 4.78 is 7.85. The van der Waals surface area contributed by atoms with Gasteiger partial charge in [-0.2, -0.15) is 5.10 Å². The number of aromatic nitrogens is 2. The number of benzene rings is 1. The van der Waals surface area contributed by atoms with Crippen molar-refractivity contribution in [1.82, 2.24) is 14.7 Å². The smallest absolute Gasteiger partial charge is 0.103 e. The van der Waals surface area contributed by atoms with Crippen molar-refractivity contribution in [1.29, 1.82) is 0 Å². The summed E-state index contributed by atoms with van der Waals surface area (Å²) >= 11 is 0. The van der Waals surface area contributed by atoms with Gasteiger partial charge in [0.15, 0.2) is 0 Å². The number of hydrogen-bond acceptors (Lipinski definition) is 5. The normalized spacial score (nSPS) is 26.2. The van der Waals surface area contributed by atoms with E-state index in [1.54, 1.807) is 6.20 Å². The molecule has 1 aromatic heterocycles. The SMILES string of the molecule is O[C@@H]1CC2(CCN(Cc3cccc(Cn4cccn4)c3)CC2)OC[C@@H]1O. The zero-order chi connectivity index (χ0) is 18.0. The fraction of sp³-hybridized carbons (Fsp3) is 0.550. The third kappa shape index (κ3) is 3.99. The third-order valence-corrected chi connectivity index (χ3v) is 5.65. The van der Waals surface area contributed by atoms with Crippen LogP contribution in [0.4, 0.5) is 0 Å². The lowest BCUT2D eigenvalue weighted by molar-refractivity contribution is -0.188. The van der Waals surface area contributed by atoms with Gasteiger partial charge in [-0.1, -0.05) is 24.3 Å². The predicted octanol–water partition coefficient (Wildman–Crippen LogP) is 1.41. The summed E-state index contributed by atoms with van der Waals surface area (Å²) in [6, 6.07) is 10.6. The van der Waals surface area contributed by atoms with E-state index in [-0.39, 0.29) is 12.2 Å². The van der Waals surface area contributed by atoms with Crippen LogP contribution in [0.2, 0.25) is 0 Å². The molecule has 3 heterocycles. The van der Waals surface area contributed by atoms with Crippen molar-refractivity contribution in [3.63, 3.8) is 0 Å². The van der Waals surface area contributed by atoms with Crippen molar-refractivity contribution in [2.24, 2.45) is 0 Å². The van der Waals surface area contributed by atoms with E-state index in [1.165, 1.54) is 11.1 Å². The lowest BCUT2D eigenvalue weighted by Crippen LogP contribution is -2.54. The van der Waals surface area contributed by atoms with Crippen molar-refractivity contribution < 1.29 is 14.9 Å². The second kappa shape index (κ2) is 7.48. The molecular formula is C20H27N3O3. The predicted molar refractivity (Wildman–Crippen MR) is 97.6 cm³/mol. The molecule has 0 aliphatic carbocycles. The number of hydrogen-bond donors (Lipinski definition) is 2. The zero-order valence-electron chi connectivity index (χ0n) is 15.0. The van der Waals surface area contributed by atoms with Crippen molar-refractivity contribution in [2.45, 2.75) is 50.2 Å². The number of aliphatic hydroxyl groups excluding tert-OH is 2. The van der Waals surface area contributed by atoms with Gasteiger partial charge in [0.05, 0.1) is 24.9 Å². The molecule has 2 saturated heterocycles. The molecule has 4 rings (SSSR count). The van der Waals surface area contributed by atoms with E-state index in [1.807, 2.05) is 16.9 Å². The Balaban J connectivity index is 1.33. The van der Waals surface area contributed by atoms with Crippen molar-refractivity contribution in [3.05, 3.63) is 53.9 Å². The van der Waals surface area contributed by atoms with Gasteiger partial charge in [0.1, 0.15) is 6.10 Å². The van der Waals surface area contributed by atoms with E-state index in [0.29, 0.717) is 6.42 Å². The van der Waals surface area contributed by atoms with Gasteiger partial charge in [-0.25, -0.2) is 0 Å². The van der Waals surface area contributed by atoms with Gasteiger partial charge in [-0.05, 0) is 30.0 Å². The Labute approximate surface area is 154 Å². The summed E-state index contributed by atoms with van der Waals surface area (Å²) in [5.41, 5.74) is 2.31. The monoisotopic (exact) mass is 357 g/mol. The molecule has 1 aromatic carbocycles. The molecule has 0 bridgehead atoms. The van der Waals surface area contributed by atoms with E-state index in [4.69, 9.17) is 4.74 Å². The quantitative estimate of drug-likeness (QED) is 0.866. The first-order valence-corrected chi connectivity index (χ1v) is 9.40. The number of piperidine rings is 1. The molecule has 0 unspecified atom stereocenters. The third-order valence-electron chi connectivity index (χ3n) is 5.65. The molecule has 26 heavy (non-hydrogen) atoms. The highest BCUT2D eigenvalue weighted by molar-refractivity contribution is 5.23. The first kappa shape index (κ1) is 17.7. The maximum atomic E-state index is 9.98. The van der Waals surface area contributed by atoms with E-state index in [0.717, 1.165) is 39.0 Å². The molecule has 140 valence electrons. The maximum absolute atomic E-state index is 9.98. The van der Waals surface area contributed by atoms with Gasteiger partial charge >= 0.3 is 0 Å². The van der Waals surface area contributed by atoms with Crippen LogP contribution in [-0.4, -0.2) is 62.4 Å². The van der Waals surface area contributed by atoms with Gasteiger partial charge in [-0.15, -0.1) is 0 Å². The summed E-state index contributed by atoms with van der Waals surface area (Å²) in [7, 11) is 0. The molecule has 2 aliphatic rings. The van der Waals surface area contributed by atoms with Crippen LogP contribution >= 0.6 is 0 Å². The Kier molecular flexibility index (Phi) is 5.09. The molecule has 0 amide bonds. The number of nitrogens with zero attached hydrogens (tertiary/aromatic N) is 3. The number of rotatable bonds is 4. The van der Waals surface area contributed by atoms with Crippen LogP contribution in [-0.2, 0) is 17.8 Å². The second-order valence-corrected chi connectivity index (χ2v) is 7.63. The molecule has 1 spiro atoms. The standard InChI is InChI=1S/C20H27N3O3/c24-18-12-20(26-15-19(18)25)5-9-22(10-6-20)13-16-3-1-4-17(11-16)14-23-8-2-7-21-23/h1-4,7-8,11,18-19,24-25H,5-6,9-10,12-15H2/t18-,19+/m1/s1. The van der Waals surface area contributed by atoms with Crippen LogP contribution < -0.4 is 0 Å². The molecule has 6 nitrogen and oxygen atoms in total. The summed E-state index contributed by atoms with van der Waals surface area (Å²) in [6.07, 6.45) is 4.74. The van der Waals surface area contributed by atoms with Crippen LogP contribution in [0.25, 0.3) is 0 Å². The summed E-state index contributed by atoms with van der Waals surface area (Å²) in [5, 5.41) is 23.9. The first-order chi connectivity index (χ1) is 12.6. The van der Waals surface area contributed by atoms with Gasteiger partial charge in [0, 0.05) is 38.4 Å². The molecule has 2 N–H and O–H groups in total. The highest BCUT2D eigenvalue weighted by Crippen LogP contribution is 2.35. The van der Waals surface area contributed by atoms with Crippen LogP contribution in [0.1, 0.15) is 30.4 Å². The fourth-order valence-corrected chi connectivity index (χ4v) is 4.08.